The first-order chi connectivity index (χ1) is 9.88. The molecule has 0 spiro atoms. The Labute approximate surface area is 132 Å². The lowest BCUT2D eigenvalue weighted by Gasteiger charge is -2.32. The molecule has 0 radical (unpaired) electrons. The summed E-state index contributed by atoms with van der Waals surface area (Å²) < 4.78 is 5.86. The lowest BCUT2D eigenvalue weighted by atomic mass is 9.88. The van der Waals surface area contributed by atoms with E-state index in [9.17, 15) is 4.79 Å². The molecule has 0 unspecified atom stereocenters. The van der Waals surface area contributed by atoms with E-state index in [0.29, 0.717) is 10.9 Å². The fraction of sp³-hybridized carbons (Fsp3) is 0.588. The van der Waals surface area contributed by atoms with Crippen molar-refractivity contribution in [3.63, 3.8) is 0 Å². The summed E-state index contributed by atoms with van der Waals surface area (Å²) in [5.41, 5.74) is 0.479. The number of halogens is 1. The van der Waals surface area contributed by atoms with Crippen molar-refractivity contribution in [3.8, 4) is 0 Å². The maximum absolute atomic E-state index is 12.3. The average Bonchev–Trinajstić information content (AvgIpc) is 2.44. The van der Waals surface area contributed by atoms with E-state index in [4.69, 9.17) is 16.3 Å². The number of rotatable bonds is 3. The minimum atomic E-state index is -0.501. The predicted octanol–water partition coefficient (Wildman–Crippen LogP) is 3.97. The number of hydrogen-bond acceptors (Lipinski definition) is 3. The van der Waals surface area contributed by atoms with Crippen LogP contribution in [0.5, 0.6) is 0 Å². The summed E-state index contributed by atoms with van der Waals surface area (Å²) in [6.07, 6.45) is 1.93. The van der Waals surface area contributed by atoms with Crippen LogP contribution in [0.2, 0.25) is 5.02 Å². The van der Waals surface area contributed by atoms with Gasteiger partial charge in [-0.25, -0.2) is 0 Å². The number of esters is 1. The number of hydrogen-bond donors (Lipinski definition) is 1. The van der Waals surface area contributed by atoms with E-state index in [1.54, 1.807) is 0 Å². The molecule has 1 aromatic carbocycles. The lowest BCUT2D eigenvalue weighted by Crippen LogP contribution is -2.36. The zero-order chi connectivity index (χ0) is 15.5. The zero-order valence-electron chi connectivity index (χ0n) is 13.0. The van der Waals surface area contributed by atoms with Gasteiger partial charge in [-0.05, 0) is 57.9 Å². The third kappa shape index (κ3) is 4.45. The van der Waals surface area contributed by atoms with Crippen molar-refractivity contribution in [3.05, 3.63) is 34.9 Å². The van der Waals surface area contributed by atoms with Crippen LogP contribution in [-0.4, -0.2) is 19.1 Å². The maximum Gasteiger partial charge on any atom is 0.311 e. The van der Waals surface area contributed by atoms with Crippen molar-refractivity contribution in [2.45, 2.75) is 39.7 Å². The number of carbonyl (C=O) groups is 1. The highest BCUT2D eigenvalue weighted by Crippen LogP contribution is 2.34. The standard InChI is InChI=1S/C17H24ClNO2/c1-17(2,3)16(20)21-15(13-7-5-9-19-11-13)12-6-4-8-14(18)10-12/h4,6,8,10,13,15,19H,5,7,9,11H2,1-3H3/t13-,15+/m1/s1. The zero-order valence-corrected chi connectivity index (χ0v) is 13.7. The summed E-state index contributed by atoms with van der Waals surface area (Å²) in [6.45, 7) is 7.54. The smallest absolute Gasteiger partial charge is 0.311 e. The van der Waals surface area contributed by atoms with Crippen molar-refractivity contribution in [2.75, 3.05) is 13.1 Å². The highest BCUT2D eigenvalue weighted by molar-refractivity contribution is 6.30. The SMILES string of the molecule is CC(C)(C)C(=O)O[C@@H](c1cccc(Cl)c1)[C@@H]1CCCNC1. The largest absolute Gasteiger partial charge is 0.457 e. The van der Waals surface area contributed by atoms with E-state index in [-0.39, 0.29) is 12.1 Å². The Hall–Kier alpha value is -1.06. The van der Waals surface area contributed by atoms with Gasteiger partial charge in [0.2, 0.25) is 0 Å². The molecular formula is C17H24ClNO2. The van der Waals surface area contributed by atoms with E-state index in [0.717, 1.165) is 31.5 Å². The molecule has 3 nitrogen and oxygen atoms in total. The highest BCUT2D eigenvalue weighted by Gasteiger charge is 2.32. The molecule has 21 heavy (non-hydrogen) atoms. The van der Waals surface area contributed by atoms with Crippen LogP contribution in [0.3, 0.4) is 0 Å². The van der Waals surface area contributed by atoms with Crippen LogP contribution in [-0.2, 0) is 9.53 Å². The quantitative estimate of drug-likeness (QED) is 0.859. The van der Waals surface area contributed by atoms with Gasteiger partial charge in [0.15, 0.2) is 0 Å². The monoisotopic (exact) mass is 309 g/mol. The van der Waals surface area contributed by atoms with Gasteiger partial charge in [-0.15, -0.1) is 0 Å². The molecule has 1 fully saturated rings. The van der Waals surface area contributed by atoms with Gasteiger partial charge in [0.1, 0.15) is 6.10 Å². The summed E-state index contributed by atoms with van der Waals surface area (Å²) in [4.78, 5) is 12.3. The Morgan fingerprint density at radius 3 is 2.76 bits per heavy atom. The first-order valence-corrected chi connectivity index (χ1v) is 7.93. The predicted molar refractivity (Wildman–Crippen MR) is 85.3 cm³/mol. The van der Waals surface area contributed by atoms with Crippen molar-refractivity contribution < 1.29 is 9.53 Å². The van der Waals surface area contributed by atoms with Gasteiger partial charge in [0, 0.05) is 17.5 Å². The van der Waals surface area contributed by atoms with Crippen LogP contribution in [0.25, 0.3) is 0 Å². The molecule has 0 bridgehead atoms. The van der Waals surface area contributed by atoms with Crippen LogP contribution >= 0.6 is 11.6 Å². The molecule has 2 atom stereocenters. The van der Waals surface area contributed by atoms with Crippen molar-refractivity contribution in [2.24, 2.45) is 11.3 Å². The Morgan fingerprint density at radius 1 is 1.43 bits per heavy atom. The third-order valence-corrected chi connectivity index (χ3v) is 4.02. The summed E-state index contributed by atoms with van der Waals surface area (Å²) >= 11 is 6.10. The van der Waals surface area contributed by atoms with Crippen LogP contribution in [0.4, 0.5) is 0 Å². The summed E-state index contributed by atoms with van der Waals surface area (Å²) in [5, 5.41) is 4.06. The molecule has 1 saturated heterocycles. The molecule has 1 aromatic rings. The van der Waals surface area contributed by atoms with Crippen LogP contribution in [0.15, 0.2) is 24.3 Å². The number of benzene rings is 1. The van der Waals surface area contributed by atoms with Crippen molar-refractivity contribution >= 4 is 17.6 Å². The minimum absolute atomic E-state index is 0.168. The summed E-state index contributed by atoms with van der Waals surface area (Å²) in [7, 11) is 0. The highest BCUT2D eigenvalue weighted by atomic mass is 35.5. The normalized spacial score (nSPS) is 20.9. The van der Waals surface area contributed by atoms with E-state index >= 15 is 0 Å². The van der Waals surface area contributed by atoms with Gasteiger partial charge >= 0.3 is 5.97 Å². The van der Waals surface area contributed by atoms with E-state index in [1.807, 2.05) is 45.0 Å². The van der Waals surface area contributed by atoms with E-state index in [2.05, 4.69) is 5.32 Å². The molecule has 4 heteroatoms. The Balaban J connectivity index is 2.23. The molecule has 0 amide bonds. The number of piperidine rings is 1. The van der Waals surface area contributed by atoms with Gasteiger partial charge in [-0.1, -0.05) is 23.7 Å². The number of nitrogens with one attached hydrogen (secondary N) is 1. The minimum Gasteiger partial charge on any atom is -0.457 e. The molecule has 116 valence electrons. The summed E-state index contributed by atoms with van der Waals surface area (Å²) in [5.74, 6) is 0.126. The van der Waals surface area contributed by atoms with Crippen molar-refractivity contribution in [1.82, 2.24) is 5.32 Å². The van der Waals surface area contributed by atoms with Gasteiger partial charge in [0.25, 0.3) is 0 Å². The van der Waals surface area contributed by atoms with Crippen LogP contribution in [0.1, 0.15) is 45.3 Å². The second-order valence-corrected chi connectivity index (χ2v) is 7.17. The van der Waals surface area contributed by atoms with E-state index < -0.39 is 5.41 Å². The van der Waals surface area contributed by atoms with E-state index in [1.165, 1.54) is 0 Å². The molecule has 1 N–H and O–H groups in total. The average molecular weight is 310 g/mol. The Kier molecular flexibility index (Phi) is 5.28. The number of carbonyl (C=O) groups excluding carboxylic acids is 1. The molecule has 0 aromatic heterocycles. The molecular weight excluding hydrogens is 286 g/mol. The molecule has 0 aliphatic carbocycles. The third-order valence-electron chi connectivity index (χ3n) is 3.79. The van der Waals surface area contributed by atoms with Gasteiger partial charge < -0.3 is 10.1 Å². The fourth-order valence-electron chi connectivity index (χ4n) is 2.55. The second kappa shape index (κ2) is 6.80. The van der Waals surface area contributed by atoms with Gasteiger partial charge in [-0.3, -0.25) is 4.79 Å². The first-order valence-electron chi connectivity index (χ1n) is 7.55. The van der Waals surface area contributed by atoms with Gasteiger partial charge in [0.05, 0.1) is 5.41 Å². The molecule has 1 aliphatic heterocycles. The second-order valence-electron chi connectivity index (χ2n) is 6.74. The molecule has 1 heterocycles. The van der Waals surface area contributed by atoms with Crippen LogP contribution < -0.4 is 5.32 Å². The Bertz CT molecular complexity index is 490. The molecule has 0 saturated carbocycles. The van der Waals surface area contributed by atoms with Crippen molar-refractivity contribution in [1.29, 1.82) is 0 Å². The number of ether oxygens (including phenoxy) is 1. The fourth-order valence-corrected chi connectivity index (χ4v) is 2.75. The maximum atomic E-state index is 12.3. The van der Waals surface area contributed by atoms with Crippen LogP contribution in [0, 0.1) is 11.3 Å². The van der Waals surface area contributed by atoms with Gasteiger partial charge in [-0.2, -0.15) is 0 Å². The topological polar surface area (TPSA) is 38.3 Å². The summed E-state index contributed by atoms with van der Waals surface area (Å²) in [6, 6.07) is 7.64. The molecule has 2 rings (SSSR count). The lowest BCUT2D eigenvalue weighted by molar-refractivity contribution is -0.162. The Morgan fingerprint density at radius 2 is 2.19 bits per heavy atom. The molecule has 1 aliphatic rings. The first kappa shape index (κ1) is 16.3.